The van der Waals surface area contributed by atoms with Crippen molar-refractivity contribution in [2.75, 3.05) is 25.1 Å². The topological polar surface area (TPSA) is 117 Å². The van der Waals surface area contributed by atoms with Crippen LogP contribution in [0.25, 0.3) is 0 Å². The fourth-order valence-corrected chi connectivity index (χ4v) is 4.45. The Morgan fingerprint density at radius 2 is 2.14 bits per heavy atom. The van der Waals surface area contributed by atoms with Gasteiger partial charge in [-0.25, -0.2) is 18.7 Å². The van der Waals surface area contributed by atoms with Gasteiger partial charge in [-0.3, -0.25) is 4.79 Å². The standard InChI is InChI=1S/C25H32FN5O4/c26-17-31-14-4-13-28-23(31)25(10-11-25)24(34)30-20(22(32)33)9-16-35-15-2-1-6-19-8-7-18-5-3-12-27-21(18)29-19/h4,7-8,13-14,20H,1-3,5-6,9-12,15-17H2,(H2-,27,29,30,32,33,34)/p+1/t20-/m0/s1. The molecule has 2 aliphatic rings. The largest absolute Gasteiger partial charge is 0.480 e. The van der Waals surface area contributed by atoms with Gasteiger partial charge in [0.2, 0.25) is 12.7 Å². The molecule has 4 rings (SSSR count). The zero-order valence-corrected chi connectivity index (χ0v) is 19.8. The summed E-state index contributed by atoms with van der Waals surface area (Å²) in [6.45, 7) is 0.905. The highest BCUT2D eigenvalue weighted by atomic mass is 19.1. The lowest BCUT2D eigenvalue weighted by Gasteiger charge is -2.18. The van der Waals surface area contributed by atoms with Crippen molar-refractivity contribution in [1.82, 2.24) is 15.3 Å². The molecule has 0 unspecified atom stereocenters. The van der Waals surface area contributed by atoms with Gasteiger partial charge >= 0.3 is 11.8 Å². The number of aromatic nitrogens is 3. The van der Waals surface area contributed by atoms with Crippen LogP contribution in [0.5, 0.6) is 0 Å². The summed E-state index contributed by atoms with van der Waals surface area (Å²) in [5, 5.41) is 15.5. The zero-order chi connectivity index (χ0) is 24.7. The van der Waals surface area contributed by atoms with Gasteiger partial charge in [0.1, 0.15) is 18.1 Å². The SMILES string of the molecule is O=C(O)[C@H](CCOCCCCc1ccc2c(n1)NCCC2)NC(=O)C1(c2nccc[n+]2CF)CC1. The third-order valence-corrected chi connectivity index (χ3v) is 6.64. The van der Waals surface area contributed by atoms with E-state index in [1.54, 1.807) is 6.07 Å². The van der Waals surface area contributed by atoms with E-state index >= 15 is 0 Å². The number of hydrogen-bond acceptors (Lipinski definition) is 6. The van der Waals surface area contributed by atoms with Crippen LogP contribution in [-0.4, -0.2) is 52.8 Å². The highest BCUT2D eigenvalue weighted by Gasteiger charge is 2.59. The number of aliphatic carboxylic acids is 1. The number of nitrogens with one attached hydrogen (secondary N) is 2. The summed E-state index contributed by atoms with van der Waals surface area (Å²) in [6.07, 6.45) is 9.04. The van der Waals surface area contributed by atoms with Crippen molar-refractivity contribution < 1.29 is 28.4 Å². The van der Waals surface area contributed by atoms with Crippen LogP contribution in [0.3, 0.4) is 0 Å². The van der Waals surface area contributed by atoms with Crippen molar-refractivity contribution in [3.05, 3.63) is 47.7 Å². The summed E-state index contributed by atoms with van der Waals surface area (Å²) in [5.41, 5.74) is 1.36. The minimum Gasteiger partial charge on any atom is -0.480 e. The number of unbranched alkanes of at least 4 members (excludes halogenated alkanes) is 1. The lowest BCUT2D eigenvalue weighted by molar-refractivity contribution is -0.729. The molecular formula is C25H33FN5O4+. The maximum absolute atomic E-state index is 13.3. The number of hydrogen-bond donors (Lipinski definition) is 3. The normalized spacial score (nSPS) is 16.6. The van der Waals surface area contributed by atoms with Crippen molar-refractivity contribution in [3.63, 3.8) is 0 Å². The fourth-order valence-electron chi connectivity index (χ4n) is 4.45. The van der Waals surface area contributed by atoms with Crippen molar-refractivity contribution >= 4 is 17.7 Å². The monoisotopic (exact) mass is 486 g/mol. The maximum atomic E-state index is 13.3. The van der Waals surface area contributed by atoms with Crippen molar-refractivity contribution in [2.45, 2.75) is 69.6 Å². The van der Waals surface area contributed by atoms with Gasteiger partial charge in [-0.05, 0) is 56.6 Å². The Labute approximate surface area is 204 Å². The maximum Gasteiger partial charge on any atom is 0.326 e. The van der Waals surface area contributed by atoms with Crippen LogP contribution in [0.4, 0.5) is 10.2 Å². The van der Waals surface area contributed by atoms with Gasteiger partial charge in [-0.2, -0.15) is 0 Å². The van der Waals surface area contributed by atoms with Gasteiger partial charge in [-0.1, -0.05) is 11.1 Å². The minimum atomic E-state index is -1.12. The highest BCUT2D eigenvalue weighted by molar-refractivity contribution is 5.92. The Kier molecular flexibility index (Phi) is 8.22. The van der Waals surface area contributed by atoms with E-state index in [0.717, 1.165) is 50.2 Å². The number of carbonyl (C=O) groups is 2. The third-order valence-electron chi connectivity index (χ3n) is 6.64. The number of alkyl halides is 1. The number of anilines is 1. The predicted molar refractivity (Wildman–Crippen MR) is 125 cm³/mol. The molecule has 1 saturated carbocycles. The fraction of sp³-hybridized carbons (Fsp3) is 0.560. The van der Waals surface area contributed by atoms with Crippen LogP contribution in [0.2, 0.25) is 0 Å². The molecule has 3 N–H and O–H groups in total. The van der Waals surface area contributed by atoms with Gasteiger partial charge in [0.25, 0.3) is 0 Å². The molecule has 0 radical (unpaired) electrons. The van der Waals surface area contributed by atoms with E-state index in [1.165, 1.54) is 22.5 Å². The molecule has 0 saturated heterocycles. The van der Waals surface area contributed by atoms with Crippen LogP contribution in [0.1, 0.15) is 55.6 Å². The lowest BCUT2D eigenvalue weighted by atomic mass is 10.0. The molecule has 1 aliphatic carbocycles. The first-order chi connectivity index (χ1) is 17.0. The molecule has 1 amide bonds. The molecule has 0 aromatic carbocycles. The van der Waals surface area contributed by atoms with Crippen molar-refractivity contribution in [3.8, 4) is 0 Å². The molecule has 35 heavy (non-hydrogen) atoms. The number of carbonyl (C=O) groups excluding carboxylic acids is 1. The van der Waals surface area contributed by atoms with E-state index < -0.39 is 30.1 Å². The Morgan fingerprint density at radius 1 is 1.29 bits per heavy atom. The van der Waals surface area contributed by atoms with E-state index in [2.05, 4.69) is 27.8 Å². The van der Waals surface area contributed by atoms with E-state index in [4.69, 9.17) is 9.72 Å². The number of rotatable bonds is 13. The molecule has 1 atom stereocenters. The van der Waals surface area contributed by atoms with Gasteiger partial charge in [-0.15, -0.1) is 0 Å². The number of nitrogens with zero attached hydrogens (tertiary/aromatic N) is 3. The molecule has 1 aliphatic heterocycles. The van der Waals surface area contributed by atoms with E-state index in [0.29, 0.717) is 25.3 Å². The van der Waals surface area contributed by atoms with Crippen LogP contribution < -0.4 is 15.2 Å². The molecule has 0 bridgehead atoms. The Balaban J connectivity index is 1.18. The Morgan fingerprint density at radius 3 is 2.91 bits per heavy atom. The second-order valence-electron chi connectivity index (χ2n) is 9.18. The molecule has 3 heterocycles. The summed E-state index contributed by atoms with van der Waals surface area (Å²) in [6, 6.07) is 4.75. The quantitative estimate of drug-likeness (QED) is 0.293. The zero-order valence-electron chi connectivity index (χ0n) is 19.8. The number of pyridine rings is 1. The summed E-state index contributed by atoms with van der Waals surface area (Å²) < 4.78 is 20.2. The first kappa shape index (κ1) is 25.0. The lowest BCUT2D eigenvalue weighted by Crippen LogP contribution is -2.51. The molecule has 1 fully saturated rings. The molecule has 0 spiro atoms. The van der Waals surface area contributed by atoms with E-state index in [1.807, 2.05) is 0 Å². The predicted octanol–water partition coefficient (Wildman–Crippen LogP) is 2.08. The van der Waals surface area contributed by atoms with Crippen LogP contribution in [0, 0.1) is 0 Å². The molecule has 2 aromatic heterocycles. The molecule has 2 aromatic rings. The number of carboxylic acid groups (broad SMARTS) is 1. The second kappa shape index (κ2) is 11.5. The van der Waals surface area contributed by atoms with Crippen molar-refractivity contribution in [1.29, 1.82) is 0 Å². The molecular weight excluding hydrogens is 453 g/mol. The molecule has 9 nitrogen and oxygen atoms in total. The van der Waals surface area contributed by atoms with Gasteiger partial charge in [0.15, 0.2) is 5.41 Å². The summed E-state index contributed by atoms with van der Waals surface area (Å²) >= 11 is 0. The molecule has 10 heteroatoms. The van der Waals surface area contributed by atoms with Gasteiger partial charge in [0, 0.05) is 37.9 Å². The number of amides is 1. The average Bonchev–Trinajstić information content (AvgIpc) is 3.69. The van der Waals surface area contributed by atoms with Crippen LogP contribution >= 0.6 is 0 Å². The Hall–Kier alpha value is -3.14. The Bertz CT molecular complexity index is 1050. The van der Waals surface area contributed by atoms with E-state index in [9.17, 15) is 19.1 Å². The number of fused-ring (bicyclic) bond motifs is 1. The number of halogens is 1. The second-order valence-corrected chi connectivity index (χ2v) is 9.18. The van der Waals surface area contributed by atoms with Gasteiger partial charge < -0.3 is 20.5 Å². The van der Waals surface area contributed by atoms with E-state index in [-0.39, 0.29) is 13.0 Å². The first-order valence-corrected chi connectivity index (χ1v) is 12.3. The summed E-state index contributed by atoms with van der Waals surface area (Å²) in [7, 11) is 0. The number of aryl methyl sites for hydroxylation is 2. The summed E-state index contributed by atoms with van der Waals surface area (Å²) in [5.74, 6) is -0.228. The van der Waals surface area contributed by atoms with Gasteiger partial charge in [0.05, 0.1) is 6.20 Å². The average molecular weight is 487 g/mol. The van der Waals surface area contributed by atoms with Crippen LogP contribution in [-0.2, 0) is 39.4 Å². The minimum absolute atomic E-state index is 0.153. The number of carboxylic acids is 1. The summed E-state index contributed by atoms with van der Waals surface area (Å²) in [4.78, 5) is 33.5. The smallest absolute Gasteiger partial charge is 0.326 e. The number of ether oxygens (including phenoxy) is 1. The van der Waals surface area contributed by atoms with Crippen LogP contribution in [0.15, 0.2) is 30.6 Å². The third kappa shape index (κ3) is 6.11. The highest BCUT2D eigenvalue weighted by Crippen LogP contribution is 2.46. The van der Waals surface area contributed by atoms with Crippen molar-refractivity contribution in [2.24, 2.45) is 0 Å². The molecule has 188 valence electrons. The first-order valence-electron chi connectivity index (χ1n) is 12.3.